The number of benzene rings is 1. The monoisotopic (exact) mass is 202 g/mol. The van der Waals surface area contributed by atoms with E-state index >= 15 is 0 Å². The van der Waals surface area contributed by atoms with Crippen molar-refractivity contribution in [1.29, 1.82) is 0 Å². The molecule has 1 aromatic heterocycles. The number of amides is 1. The van der Waals surface area contributed by atoms with Gasteiger partial charge in [0.05, 0.1) is 12.1 Å². The Morgan fingerprint density at radius 2 is 2.27 bits per heavy atom. The van der Waals surface area contributed by atoms with Crippen molar-refractivity contribution < 1.29 is 9.90 Å². The molecule has 0 aliphatic carbocycles. The summed E-state index contributed by atoms with van der Waals surface area (Å²) in [6.07, 6.45) is 0. The Hall–Kier alpha value is -1.97. The van der Waals surface area contributed by atoms with E-state index in [0.29, 0.717) is 6.54 Å². The van der Waals surface area contributed by atoms with Crippen LogP contribution in [0.3, 0.4) is 0 Å². The lowest BCUT2D eigenvalue weighted by atomic mass is 10.2. The number of fused-ring (bicyclic) bond motifs is 3. The van der Waals surface area contributed by atoms with Gasteiger partial charge in [-0.2, -0.15) is 0 Å². The van der Waals surface area contributed by atoms with Crippen molar-refractivity contribution in [3.05, 3.63) is 30.0 Å². The second-order valence-corrected chi connectivity index (χ2v) is 3.71. The standard InChI is InChI=1S/C11H10N2O2/c14-9-3-1-2-7-4-8-5-12-10(15)6-13(8)11(7)9/h1-4,14H,5-6H2,(H,12,15). The largest absolute Gasteiger partial charge is 0.506 e. The highest BCUT2D eigenvalue weighted by Crippen LogP contribution is 2.28. The molecule has 2 heterocycles. The van der Waals surface area contributed by atoms with Crippen LogP contribution in [-0.2, 0) is 17.9 Å². The molecule has 2 aromatic rings. The van der Waals surface area contributed by atoms with Crippen molar-refractivity contribution in [3.63, 3.8) is 0 Å². The summed E-state index contributed by atoms with van der Waals surface area (Å²) in [7, 11) is 0. The van der Waals surface area contributed by atoms with Crippen LogP contribution in [0.25, 0.3) is 10.9 Å². The highest BCUT2D eigenvalue weighted by Gasteiger charge is 2.18. The number of hydrogen-bond donors (Lipinski definition) is 2. The Kier molecular flexibility index (Phi) is 1.54. The van der Waals surface area contributed by atoms with Gasteiger partial charge in [0.15, 0.2) is 0 Å². The molecule has 4 heteroatoms. The lowest BCUT2D eigenvalue weighted by Gasteiger charge is -2.16. The first-order valence-electron chi connectivity index (χ1n) is 4.82. The smallest absolute Gasteiger partial charge is 0.240 e. The van der Waals surface area contributed by atoms with Gasteiger partial charge in [-0.3, -0.25) is 4.79 Å². The fourth-order valence-corrected chi connectivity index (χ4v) is 2.08. The van der Waals surface area contributed by atoms with Crippen molar-refractivity contribution in [2.75, 3.05) is 0 Å². The van der Waals surface area contributed by atoms with Gasteiger partial charge in [-0.25, -0.2) is 0 Å². The molecule has 15 heavy (non-hydrogen) atoms. The van der Waals surface area contributed by atoms with Crippen molar-refractivity contribution in [1.82, 2.24) is 9.88 Å². The van der Waals surface area contributed by atoms with Crippen molar-refractivity contribution in [2.45, 2.75) is 13.1 Å². The fourth-order valence-electron chi connectivity index (χ4n) is 2.08. The van der Waals surface area contributed by atoms with E-state index in [0.717, 1.165) is 16.6 Å². The fraction of sp³-hybridized carbons (Fsp3) is 0.182. The summed E-state index contributed by atoms with van der Waals surface area (Å²) in [4.78, 5) is 11.3. The van der Waals surface area contributed by atoms with Crippen LogP contribution in [0.15, 0.2) is 24.3 Å². The highest BCUT2D eigenvalue weighted by molar-refractivity contribution is 5.89. The first kappa shape index (κ1) is 8.35. The van der Waals surface area contributed by atoms with Gasteiger partial charge in [0.1, 0.15) is 12.3 Å². The minimum atomic E-state index is -0.0109. The maximum absolute atomic E-state index is 11.3. The minimum Gasteiger partial charge on any atom is -0.506 e. The van der Waals surface area contributed by atoms with Crippen LogP contribution in [0.4, 0.5) is 0 Å². The van der Waals surface area contributed by atoms with Crippen LogP contribution in [0.1, 0.15) is 5.69 Å². The van der Waals surface area contributed by atoms with Crippen LogP contribution in [-0.4, -0.2) is 15.6 Å². The average Bonchev–Trinajstić information content (AvgIpc) is 2.57. The van der Waals surface area contributed by atoms with E-state index in [-0.39, 0.29) is 18.2 Å². The Morgan fingerprint density at radius 1 is 1.40 bits per heavy atom. The van der Waals surface area contributed by atoms with E-state index in [1.54, 1.807) is 12.1 Å². The van der Waals surface area contributed by atoms with E-state index < -0.39 is 0 Å². The highest BCUT2D eigenvalue weighted by atomic mass is 16.3. The molecule has 0 radical (unpaired) electrons. The van der Waals surface area contributed by atoms with Crippen molar-refractivity contribution in [2.24, 2.45) is 0 Å². The van der Waals surface area contributed by atoms with E-state index in [4.69, 9.17) is 0 Å². The van der Waals surface area contributed by atoms with E-state index in [2.05, 4.69) is 5.32 Å². The minimum absolute atomic E-state index is 0.0109. The van der Waals surface area contributed by atoms with E-state index in [1.807, 2.05) is 16.7 Å². The van der Waals surface area contributed by atoms with Crippen LogP contribution in [0, 0.1) is 0 Å². The molecule has 0 fully saturated rings. The normalized spacial score (nSPS) is 15.1. The van der Waals surface area contributed by atoms with Gasteiger partial charge in [0.25, 0.3) is 0 Å². The van der Waals surface area contributed by atoms with Crippen molar-refractivity contribution in [3.8, 4) is 5.75 Å². The Labute approximate surface area is 86.1 Å². The molecule has 0 atom stereocenters. The number of carbonyl (C=O) groups is 1. The molecule has 0 bridgehead atoms. The quantitative estimate of drug-likeness (QED) is 0.669. The maximum Gasteiger partial charge on any atom is 0.240 e. The SMILES string of the molecule is O=C1Cn2c(cc3cccc(O)c32)CN1. The number of aromatic hydroxyl groups is 1. The molecule has 1 aliphatic rings. The molecule has 2 N–H and O–H groups in total. The third kappa shape index (κ3) is 1.11. The summed E-state index contributed by atoms with van der Waals surface area (Å²) in [6, 6.07) is 7.38. The van der Waals surface area contributed by atoms with Gasteiger partial charge in [-0.05, 0) is 12.1 Å². The summed E-state index contributed by atoms with van der Waals surface area (Å²) in [5.74, 6) is 0.219. The molecule has 1 amide bonds. The first-order chi connectivity index (χ1) is 7.25. The lowest BCUT2D eigenvalue weighted by Crippen LogP contribution is -2.33. The topological polar surface area (TPSA) is 54.3 Å². The number of rotatable bonds is 0. The average molecular weight is 202 g/mol. The zero-order valence-electron chi connectivity index (χ0n) is 8.03. The first-order valence-corrected chi connectivity index (χ1v) is 4.82. The molecule has 0 saturated carbocycles. The summed E-state index contributed by atoms with van der Waals surface area (Å²) in [5, 5.41) is 13.5. The Morgan fingerprint density at radius 3 is 3.13 bits per heavy atom. The number of phenolic OH excluding ortho intramolecular Hbond substituents is 1. The van der Waals surface area contributed by atoms with Crippen LogP contribution < -0.4 is 5.32 Å². The number of nitrogens with zero attached hydrogens (tertiary/aromatic N) is 1. The molecule has 0 saturated heterocycles. The van der Waals surface area contributed by atoms with Crippen LogP contribution in [0.2, 0.25) is 0 Å². The second kappa shape index (κ2) is 2.76. The van der Waals surface area contributed by atoms with Crippen LogP contribution in [0.5, 0.6) is 5.75 Å². The van der Waals surface area contributed by atoms with Gasteiger partial charge < -0.3 is 15.0 Å². The summed E-state index contributed by atoms with van der Waals surface area (Å²) >= 11 is 0. The zero-order chi connectivity index (χ0) is 10.4. The molecule has 1 aliphatic heterocycles. The predicted molar refractivity (Wildman–Crippen MR) is 55.4 cm³/mol. The number of carbonyl (C=O) groups excluding carboxylic acids is 1. The summed E-state index contributed by atoms with van der Waals surface area (Å²) in [5.41, 5.74) is 1.79. The van der Waals surface area contributed by atoms with Crippen molar-refractivity contribution >= 4 is 16.8 Å². The van der Waals surface area contributed by atoms with Gasteiger partial charge in [0, 0.05) is 11.1 Å². The molecular weight excluding hydrogens is 192 g/mol. The van der Waals surface area contributed by atoms with Gasteiger partial charge in [-0.1, -0.05) is 12.1 Å². The van der Waals surface area contributed by atoms with E-state index in [9.17, 15) is 9.90 Å². The Bertz CT molecular complexity index is 557. The Balaban J connectivity index is 2.35. The summed E-state index contributed by atoms with van der Waals surface area (Å²) < 4.78 is 1.86. The van der Waals surface area contributed by atoms with Gasteiger partial charge in [-0.15, -0.1) is 0 Å². The third-order valence-electron chi connectivity index (χ3n) is 2.75. The van der Waals surface area contributed by atoms with Crippen LogP contribution >= 0.6 is 0 Å². The third-order valence-corrected chi connectivity index (χ3v) is 2.75. The van der Waals surface area contributed by atoms with Gasteiger partial charge >= 0.3 is 0 Å². The number of phenols is 1. The number of hydrogen-bond acceptors (Lipinski definition) is 2. The predicted octanol–water partition coefficient (Wildman–Crippen LogP) is 0.977. The molecule has 4 nitrogen and oxygen atoms in total. The molecule has 3 rings (SSSR count). The maximum atomic E-state index is 11.3. The van der Waals surface area contributed by atoms with E-state index in [1.165, 1.54) is 0 Å². The molecule has 0 unspecified atom stereocenters. The second-order valence-electron chi connectivity index (χ2n) is 3.71. The summed E-state index contributed by atoms with van der Waals surface area (Å²) in [6.45, 7) is 0.823. The number of para-hydroxylation sites is 1. The number of aromatic nitrogens is 1. The molecule has 1 aromatic carbocycles. The molecular formula is C11H10N2O2. The molecule has 0 spiro atoms. The molecule has 76 valence electrons. The van der Waals surface area contributed by atoms with Gasteiger partial charge in [0.2, 0.25) is 5.91 Å². The lowest BCUT2D eigenvalue weighted by molar-refractivity contribution is -0.122. The number of nitrogens with one attached hydrogen (secondary N) is 1. The zero-order valence-corrected chi connectivity index (χ0v) is 8.03.